The quantitative estimate of drug-likeness (QED) is 0.326. The predicted octanol–water partition coefficient (Wildman–Crippen LogP) is 5.16. The molecule has 1 aliphatic heterocycles. The zero-order valence-corrected chi connectivity index (χ0v) is 22.0. The smallest absolute Gasteiger partial charge is 0.275 e. The van der Waals surface area contributed by atoms with Gasteiger partial charge >= 0.3 is 0 Å². The van der Waals surface area contributed by atoms with Gasteiger partial charge in [-0.15, -0.1) is 0 Å². The summed E-state index contributed by atoms with van der Waals surface area (Å²) in [7, 11) is 0. The molecule has 4 heterocycles. The topological polar surface area (TPSA) is 119 Å². The van der Waals surface area contributed by atoms with Gasteiger partial charge in [0.15, 0.2) is 5.82 Å². The third kappa shape index (κ3) is 5.24. The molecule has 14 heteroatoms. The Bertz CT molecular complexity index is 1610. The molecule has 1 aromatic carbocycles. The lowest BCUT2D eigenvalue weighted by Crippen LogP contribution is -2.26. The standard InChI is InChI=1S/C26H22ClF3N8O2/c1-13-17(9-32-26(34-13)37-7-3-4-21(37)39)14(2)38-12-15(8-33-38)35-25(40)20-11-31-10-19(36-20)22-16(24(29)30)5-6-18(27)23(22)28/h5-6,8-12,14,24H,3-4,7H2,1-2H3,(H,35,40). The lowest BCUT2D eigenvalue weighted by molar-refractivity contribution is -0.117. The molecule has 0 radical (unpaired) electrons. The molecule has 0 spiro atoms. The van der Waals surface area contributed by atoms with Crippen LogP contribution in [0.25, 0.3) is 11.3 Å². The summed E-state index contributed by atoms with van der Waals surface area (Å²) in [5.74, 6) is -1.43. The van der Waals surface area contributed by atoms with Crippen molar-refractivity contribution in [2.24, 2.45) is 0 Å². The lowest BCUT2D eigenvalue weighted by atomic mass is 10.0. The average molecular weight is 571 g/mol. The number of anilines is 2. The molecule has 0 bridgehead atoms. The van der Waals surface area contributed by atoms with Gasteiger partial charge in [-0.05, 0) is 26.3 Å². The number of carbonyl (C=O) groups excluding carboxylic acids is 2. The summed E-state index contributed by atoms with van der Waals surface area (Å²) in [6, 6.07) is 1.72. The second-order valence-corrected chi connectivity index (χ2v) is 9.52. The highest BCUT2D eigenvalue weighted by Gasteiger charge is 2.26. The molecule has 1 N–H and O–H groups in total. The maximum absolute atomic E-state index is 14.7. The third-order valence-electron chi connectivity index (χ3n) is 6.51. The van der Waals surface area contributed by atoms with Crippen LogP contribution in [-0.2, 0) is 4.79 Å². The van der Waals surface area contributed by atoms with Crippen molar-refractivity contribution in [3.63, 3.8) is 0 Å². The first-order chi connectivity index (χ1) is 19.1. The first-order valence-electron chi connectivity index (χ1n) is 12.2. The van der Waals surface area contributed by atoms with Crippen molar-refractivity contribution in [2.45, 2.75) is 39.2 Å². The van der Waals surface area contributed by atoms with Crippen molar-refractivity contribution in [3.8, 4) is 11.3 Å². The van der Waals surface area contributed by atoms with Crippen LogP contribution in [-0.4, -0.2) is 48.1 Å². The second-order valence-electron chi connectivity index (χ2n) is 9.11. The normalized spacial score (nSPS) is 14.2. The number of benzene rings is 1. The van der Waals surface area contributed by atoms with Crippen molar-refractivity contribution in [3.05, 3.63) is 76.5 Å². The van der Waals surface area contributed by atoms with E-state index in [1.807, 2.05) is 13.8 Å². The van der Waals surface area contributed by atoms with E-state index in [9.17, 15) is 22.8 Å². The maximum atomic E-state index is 14.7. The van der Waals surface area contributed by atoms with E-state index in [-0.39, 0.29) is 28.4 Å². The summed E-state index contributed by atoms with van der Waals surface area (Å²) in [4.78, 5) is 43.3. The number of hydrogen-bond acceptors (Lipinski definition) is 7. The third-order valence-corrected chi connectivity index (χ3v) is 6.80. The van der Waals surface area contributed by atoms with Crippen molar-refractivity contribution in [2.75, 3.05) is 16.8 Å². The van der Waals surface area contributed by atoms with Gasteiger partial charge in [0, 0.05) is 47.7 Å². The van der Waals surface area contributed by atoms with Crippen molar-refractivity contribution >= 4 is 35.1 Å². The number of aromatic nitrogens is 6. The van der Waals surface area contributed by atoms with Crippen LogP contribution in [0.5, 0.6) is 0 Å². The van der Waals surface area contributed by atoms with Gasteiger partial charge < -0.3 is 5.32 Å². The van der Waals surface area contributed by atoms with Crippen molar-refractivity contribution in [1.29, 1.82) is 0 Å². The molecule has 1 aliphatic rings. The van der Waals surface area contributed by atoms with E-state index >= 15 is 0 Å². The number of amides is 2. The van der Waals surface area contributed by atoms with E-state index in [0.717, 1.165) is 36.5 Å². The van der Waals surface area contributed by atoms with Crippen LogP contribution >= 0.6 is 11.6 Å². The molecule has 1 saturated heterocycles. The van der Waals surface area contributed by atoms with Crippen LogP contribution in [0.4, 0.5) is 24.8 Å². The highest BCUT2D eigenvalue weighted by atomic mass is 35.5. The van der Waals surface area contributed by atoms with E-state index in [0.29, 0.717) is 30.3 Å². The molecule has 10 nitrogen and oxygen atoms in total. The molecular formula is C26H22ClF3N8O2. The van der Waals surface area contributed by atoms with Crippen molar-refractivity contribution < 1.29 is 22.8 Å². The molecule has 1 unspecified atom stereocenters. The van der Waals surface area contributed by atoms with Gasteiger partial charge in [0.1, 0.15) is 5.69 Å². The van der Waals surface area contributed by atoms with E-state index in [4.69, 9.17) is 11.6 Å². The van der Waals surface area contributed by atoms with E-state index in [1.54, 1.807) is 22.0 Å². The summed E-state index contributed by atoms with van der Waals surface area (Å²) in [5, 5.41) is 6.57. The Hall–Kier alpha value is -4.39. The number of hydrogen-bond donors (Lipinski definition) is 1. The molecule has 40 heavy (non-hydrogen) atoms. The summed E-state index contributed by atoms with van der Waals surface area (Å²) < 4.78 is 43.3. The molecule has 0 saturated carbocycles. The molecule has 206 valence electrons. The number of nitrogens with one attached hydrogen (secondary N) is 1. The average Bonchev–Trinajstić information content (AvgIpc) is 3.58. The van der Waals surface area contributed by atoms with Gasteiger partial charge in [-0.25, -0.2) is 28.1 Å². The van der Waals surface area contributed by atoms with Crippen LogP contribution in [0.2, 0.25) is 5.02 Å². The monoisotopic (exact) mass is 570 g/mol. The molecule has 4 aromatic rings. The molecule has 2 amide bonds. The Morgan fingerprint density at radius 3 is 2.62 bits per heavy atom. The van der Waals surface area contributed by atoms with Crippen LogP contribution in [0.15, 0.2) is 43.1 Å². The molecule has 0 aliphatic carbocycles. The van der Waals surface area contributed by atoms with Crippen LogP contribution in [0.3, 0.4) is 0 Å². The minimum Gasteiger partial charge on any atom is -0.318 e. The lowest BCUT2D eigenvalue weighted by Gasteiger charge is -2.18. The number of nitrogens with zero attached hydrogens (tertiary/aromatic N) is 7. The van der Waals surface area contributed by atoms with Gasteiger partial charge in [-0.2, -0.15) is 5.10 Å². The summed E-state index contributed by atoms with van der Waals surface area (Å²) in [6.45, 7) is 4.28. The van der Waals surface area contributed by atoms with Crippen molar-refractivity contribution in [1.82, 2.24) is 29.7 Å². The molecule has 1 fully saturated rings. The number of halogens is 4. The van der Waals surface area contributed by atoms with E-state index < -0.39 is 29.3 Å². The zero-order valence-electron chi connectivity index (χ0n) is 21.3. The highest BCUT2D eigenvalue weighted by molar-refractivity contribution is 6.31. The minimum atomic E-state index is -3.00. The number of rotatable bonds is 7. The molecule has 1 atom stereocenters. The van der Waals surface area contributed by atoms with Crippen LogP contribution < -0.4 is 10.2 Å². The van der Waals surface area contributed by atoms with E-state index in [2.05, 4.69) is 30.4 Å². The Morgan fingerprint density at radius 1 is 1.12 bits per heavy atom. The van der Waals surface area contributed by atoms with Gasteiger partial charge in [-0.1, -0.05) is 17.7 Å². The largest absolute Gasteiger partial charge is 0.318 e. The van der Waals surface area contributed by atoms with Gasteiger partial charge in [0.05, 0.1) is 41.0 Å². The first kappa shape index (κ1) is 27.2. The molecule has 5 rings (SSSR count). The molecule has 3 aromatic heterocycles. The predicted molar refractivity (Wildman–Crippen MR) is 140 cm³/mol. The zero-order chi connectivity index (χ0) is 28.6. The fourth-order valence-electron chi connectivity index (χ4n) is 4.42. The Kier molecular flexibility index (Phi) is 7.48. The van der Waals surface area contributed by atoms with E-state index in [1.165, 1.54) is 6.20 Å². The minimum absolute atomic E-state index is 0.00459. The second kappa shape index (κ2) is 11.0. The maximum Gasteiger partial charge on any atom is 0.275 e. The number of aryl methyl sites for hydroxylation is 1. The fraction of sp³-hybridized carbons (Fsp3) is 0.269. The molecular weight excluding hydrogens is 549 g/mol. The number of carbonyl (C=O) groups is 2. The Labute approximate surface area is 231 Å². The summed E-state index contributed by atoms with van der Waals surface area (Å²) in [5.41, 5.74) is 0.141. The summed E-state index contributed by atoms with van der Waals surface area (Å²) in [6.07, 6.45) is 5.11. The van der Waals surface area contributed by atoms with Gasteiger partial charge in [0.2, 0.25) is 11.9 Å². The number of alkyl halides is 2. The Balaban J connectivity index is 1.34. The summed E-state index contributed by atoms with van der Waals surface area (Å²) >= 11 is 5.79. The van der Waals surface area contributed by atoms with Crippen LogP contribution in [0, 0.1) is 12.7 Å². The Morgan fingerprint density at radius 2 is 1.93 bits per heavy atom. The fourth-order valence-corrected chi connectivity index (χ4v) is 4.58. The SMILES string of the molecule is Cc1nc(N2CCCC2=O)ncc1C(C)n1cc(NC(=O)c2cncc(-c3c(C(F)F)ccc(Cl)c3F)n2)cn1. The van der Waals surface area contributed by atoms with Gasteiger partial charge in [0.25, 0.3) is 12.3 Å². The van der Waals surface area contributed by atoms with Crippen LogP contribution in [0.1, 0.15) is 59.5 Å². The highest BCUT2D eigenvalue weighted by Crippen LogP contribution is 2.35. The first-order valence-corrected chi connectivity index (χ1v) is 12.6. The van der Waals surface area contributed by atoms with Gasteiger partial charge in [-0.3, -0.25) is 24.2 Å².